The Morgan fingerprint density at radius 2 is 1.94 bits per heavy atom. The minimum absolute atomic E-state index is 0.568. The number of hydrogen-bond donors (Lipinski definition) is 0. The van der Waals surface area contributed by atoms with Gasteiger partial charge in [0.25, 0.3) is 0 Å². The first-order chi connectivity index (χ1) is 7.52. The van der Waals surface area contributed by atoms with E-state index in [1.807, 2.05) is 0 Å². The Labute approximate surface area is 101 Å². The first kappa shape index (κ1) is 13.3. The van der Waals surface area contributed by atoms with Gasteiger partial charge in [0.2, 0.25) is 0 Å². The Kier molecular flexibility index (Phi) is 4.58. The SMILES string of the molecule is C=C(C)C1C=C(C)C(C)=C(CC)C1CCC. The van der Waals surface area contributed by atoms with Crippen LogP contribution >= 0.6 is 0 Å². The van der Waals surface area contributed by atoms with Crippen molar-refractivity contribution in [1.82, 2.24) is 0 Å². The standard InChI is InChI=1S/C16H26/c1-7-9-15-14(8-2)13(6)12(5)10-16(15)11(3)4/h10,15-16H,3,7-9H2,1-2,4-6H3. The van der Waals surface area contributed by atoms with Crippen LogP contribution in [-0.4, -0.2) is 0 Å². The lowest BCUT2D eigenvalue weighted by Crippen LogP contribution is -2.21. The molecule has 0 aromatic heterocycles. The zero-order chi connectivity index (χ0) is 12.3. The van der Waals surface area contributed by atoms with E-state index in [0.29, 0.717) is 11.8 Å². The predicted molar refractivity (Wildman–Crippen MR) is 73.5 cm³/mol. The maximum atomic E-state index is 4.17. The third-order valence-corrected chi connectivity index (χ3v) is 3.93. The zero-order valence-electron chi connectivity index (χ0n) is 11.6. The van der Waals surface area contributed by atoms with Crippen LogP contribution in [-0.2, 0) is 0 Å². The van der Waals surface area contributed by atoms with Crippen LogP contribution in [0.4, 0.5) is 0 Å². The summed E-state index contributed by atoms with van der Waals surface area (Å²) >= 11 is 0. The van der Waals surface area contributed by atoms with Gasteiger partial charge in [0, 0.05) is 5.92 Å². The molecule has 1 aliphatic carbocycles. The molecule has 0 nitrogen and oxygen atoms in total. The molecule has 0 amide bonds. The third-order valence-electron chi connectivity index (χ3n) is 3.93. The molecule has 16 heavy (non-hydrogen) atoms. The van der Waals surface area contributed by atoms with E-state index in [4.69, 9.17) is 0 Å². The molecule has 0 N–H and O–H groups in total. The van der Waals surface area contributed by atoms with Gasteiger partial charge in [-0.05, 0) is 45.1 Å². The van der Waals surface area contributed by atoms with Gasteiger partial charge in [0.05, 0.1) is 0 Å². The lowest BCUT2D eigenvalue weighted by molar-refractivity contribution is 0.443. The summed E-state index contributed by atoms with van der Waals surface area (Å²) in [6.45, 7) is 15.4. The Morgan fingerprint density at radius 1 is 1.31 bits per heavy atom. The fourth-order valence-corrected chi connectivity index (χ4v) is 2.94. The molecule has 0 fully saturated rings. The maximum Gasteiger partial charge on any atom is 0.00428 e. The van der Waals surface area contributed by atoms with E-state index in [9.17, 15) is 0 Å². The summed E-state index contributed by atoms with van der Waals surface area (Å²) in [4.78, 5) is 0. The molecule has 0 saturated carbocycles. The monoisotopic (exact) mass is 218 g/mol. The number of hydrogen-bond acceptors (Lipinski definition) is 0. The Morgan fingerprint density at radius 3 is 2.38 bits per heavy atom. The van der Waals surface area contributed by atoms with Crippen molar-refractivity contribution in [1.29, 1.82) is 0 Å². The summed E-state index contributed by atoms with van der Waals surface area (Å²) in [6.07, 6.45) is 6.17. The van der Waals surface area contributed by atoms with Gasteiger partial charge in [0.1, 0.15) is 0 Å². The van der Waals surface area contributed by atoms with Gasteiger partial charge in [-0.1, -0.05) is 49.6 Å². The van der Waals surface area contributed by atoms with Crippen LogP contribution in [0.25, 0.3) is 0 Å². The third kappa shape index (κ3) is 2.48. The highest BCUT2D eigenvalue weighted by molar-refractivity contribution is 5.40. The molecule has 0 aromatic rings. The minimum Gasteiger partial charge on any atom is -0.0995 e. The molecule has 2 unspecified atom stereocenters. The molecular formula is C16H26. The molecule has 1 aliphatic rings. The van der Waals surface area contributed by atoms with E-state index in [-0.39, 0.29) is 0 Å². The second kappa shape index (κ2) is 5.52. The first-order valence-electron chi connectivity index (χ1n) is 6.56. The van der Waals surface area contributed by atoms with Crippen LogP contribution in [0.5, 0.6) is 0 Å². The summed E-state index contributed by atoms with van der Waals surface area (Å²) in [5.41, 5.74) is 5.96. The summed E-state index contributed by atoms with van der Waals surface area (Å²) in [6, 6.07) is 0. The van der Waals surface area contributed by atoms with Crippen molar-refractivity contribution in [2.45, 2.75) is 53.9 Å². The molecule has 0 bridgehead atoms. The van der Waals surface area contributed by atoms with Gasteiger partial charge in [-0.25, -0.2) is 0 Å². The van der Waals surface area contributed by atoms with Crippen molar-refractivity contribution in [2.24, 2.45) is 11.8 Å². The van der Waals surface area contributed by atoms with Crippen molar-refractivity contribution >= 4 is 0 Å². The first-order valence-corrected chi connectivity index (χ1v) is 6.56. The fourth-order valence-electron chi connectivity index (χ4n) is 2.94. The van der Waals surface area contributed by atoms with E-state index in [1.54, 1.807) is 5.57 Å². The lowest BCUT2D eigenvalue weighted by atomic mass is 9.71. The van der Waals surface area contributed by atoms with Crippen molar-refractivity contribution < 1.29 is 0 Å². The molecule has 0 saturated heterocycles. The molecule has 0 heterocycles. The van der Waals surface area contributed by atoms with Crippen molar-refractivity contribution in [3.63, 3.8) is 0 Å². The van der Waals surface area contributed by atoms with Crippen LogP contribution in [0, 0.1) is 11.8 Å². The summed E-state index contributed by atoms with van der Waals surface area (Å²) in [7, 11) is 0. The average Bonchev–Trinajstić information content (AvgIpc) is 2.23. The molecule has 0 heteroatoms. The highest BCUT2D eigenvalue weighted by atomic mass is 14.3. The molecule has 0 aromatic carbocycles. The van der Waals surface area contributed by atoms with Gasteiger partial charge in [-0.3, -0.25) is 0 Å². The van der Waals surface area contributed by atoms with Crippen LogP contribution < -0.4 is 0 Å². The average molecular weight is 218 g/mol. The summed E-state index contributed by atoms with van der Waals surface area (Å²) < 4.78 is 0. The van der Waals surface area contributed by atoms with Gasteiger partial charge >= 0.3 is 0 Å². The fraction of sp³-hybridized carbons (Fsp3) is 0.625. The molecule has 1 rings (SSSR count). The molecule has 2 atom stereocenters. The van der Waals surface area contributed by atoms with Crippen molar-refractivity contribution in [3.8, 4) is 0 Å². The van der Waals surface area contributed by atoms with Gasteiger partial charge in [0.15, 0.2) is 0 Å². The summed E-state index contributed by atoms with van der Waals surface area (Å²) in [5, 5.41) is 0. The van der Waals surface area contributed by atoms with Gasteiger partial charge < -0.3 is 0 Å². The van der Waals surface area contributed by atoms with E-state index in [0.717, 1.165) is 0 Å². The minimum atomic E-state index is 0.568. The second-order valence-corrected chi connectivity index (χ2v) is 5.12. The van der Waals surface area contributed by atoms with Gasteiger partial charge in [-0.2, -0.15) is 0 Å². The van der Waals surface area contributed by atoms with Crippen LogP contribution in [0.2, 0.25) is 0 Å². The van der Waals surface area contributed by atoms with E-state index in [2.05, 4.69) is 47.3 Å². The Hall–Kier alpha value is -0.780. The van der Waals surface area contributed by atoms with E-state index < -0.39 is 0 Å². The van der Waals surface area contributed by atoms with Crippen LogP contribution in [0.1, 0.15) is 53.9 Å². The van der Waals surface area contributed by atoms with Gasteiger partial charge in [-0.15, -0.1) is 0 Å². The highest BCUT2D eigenvalue weighted by Crippen LogP contribution is 2.40. The number of allylic oxidation sites excluding steroid dienone is 5. The Bertz CT molecular complexity index is 328. The normalized spacial score (nSPS) is 25.7. The molecular weight excluding hydrogens is 192 g/mol. The molecule has 0 radical (unpaired) electrons. The number of rotatable bonds is 4. The Balaban J connectivity index is 3.12. The maximum absolute atomic E-state index is 4.17. The largest absolute Gasteiger partial charge is 0.0995 e. The van der Waals surface area contributed by atoms with E-state index in [1.165, 1.54) is 36.0 Å². The zero-order valence-corrected chi connectivity index (χ0v) is 11.6. The molecule has 90 valence electrons. The van der Waals surface area contributed by atoms with Crippen molar-refractivity contribution in [3.05, 3.63) is 34.9 Å². The predicted octanol–water partition coefficient (Wildman–Crippen LogP) is 5.28. The second-order valence-electron chi connectivity index (χ2n) is 5.12. The van der Waals surface area contributed by atoms with Crippen molar-refractivity contribution in [2.75, 3.05) is 0 Å². The molecule has 0 spiro atoms. The van der Waals surface area contributed by atoms with Crippen LogP contribution in [0.15, 0.2) is 34.9 Å². The smallest absolute Gasteiger partial charge is 0.00428 e. The topological polar surface area (TPSA) is 0 Å². The van der Waals surface area contributed by atoms with E-state index >= 15 is 0 Å². The summed E-state index contributed by atoms with van der Waals surface area (Å²) in [5.74, 6) is 1.27. The highest BCUT2D eigenvalue weighted by Gasteiger charge is 2.27. The lowest BCUT2D eigenvalue weighted by Gasteiger charge is -2.33. The quantitative estimate of drug-likeness (QED) is 0.563. The molecule has 0 aliphatic heterocycles. The van der Waals surface area contributed by atoms with Crippen LogP contribution in [0.3, 0.4) is 0 Å².